The van der Waals surface area contributed by atoms with Crippen molar-refractivity contribution in [2.45, 2.75) is 19.4 Å². The summed E-state index contributed by atoms with van der Waals surface area (Å²) in [4.78, 5) is 14.4. The van der Waals surface area contributed by atoms with Crippen LogP contribution in [0.5, 0.6) is 0 Å². The molecule has 0 bridgehead atoms. The number of unbranched alkanes of at least 4 members (excludes halogenated alkanes) is 1. The molecule has 0 radical (unpaired) electrons. The average molecular weight is 324 g/mol. The Kier molecular flexibility index (Phi) is 4.71. The summed E-state index contributed by atoms with van der Waals surface area (Å²) in [5.41, 5.74) is -0.00477. The fourth-order valence-corrected chi connectivity index (χ4v) is 2.39. The minimum atomic E-state index is -0.00477. The summed E-state index contributed by atoms with van der Waals surface area (Å²) in [6.45, 7) is 1.72. The van der Waals surface area contributed by atoms with Crippen LogP contribution in [0, 0.1) is 0 Å². The summed E-state index contributed by atoms with van der Waals surface area (Å²) >= 11 is 3.40. The van der Waals surface area contributed by atoms with E-state index in [0.29, 0.717) is 6.54 Å². The molecule has 5 heteroatoms. The van der Waals surface area contributed by atoms with E-state index in [1.54, 1.807) is 10.9 Å². The van der Waals surface area contributed by atoms with Gasteiger partial charge in [-0.3, -0.25) is 4.79 Å². The molecule has 102 valence electrons. The first-order valence-electron chi connectivity index (χ1n) is 6.38. The van der Waals surface area contributed by atoms with Crippen molar-refractivity contribution < 1.29 is 0 Å². The molecule has 4 nitrogen and oxygen atoms in total. The molecule has 0 saturated carbocycles. The summed E-state index contributed by atoms with van der Waals surface area (Å²) in [6, 6.07) is 5.65. The van der Waals surface area contributed by atoms with Crippen molar-refractivity contribution in [1.29, 1.82) is 0 Å². The van der Waals surface area contributed by atoms with Crippen LogP contribution in [0.1, 0.15) is 12.8 Å². The van der Waals surface area contributed by atoms with Gasteiger partial charge in [-0.05, 0) is 51.7 Å². The van der Waals surface area contributed by atoms with E-state index in [1.165, 1.54) is 0 Å². The second kappa shape index (κ2) is 6.30. The van der Waals surface area contributed by atoms with Crippen LogP contribution < -0.4 is 5.56 Å². The first-order chi connectivity index (χ1) is 9.08. The fourth-order valence-electron chi connectivity index (χ4n) is 2.01. The van der Waals surface area contributed by atoms with E-state index in [2.05, 4.69) is 40.0 Å². The van der Waals surface area contributed by atoms with Gasteiger partial charge in [-0.1, -0.05) is 15.9 Å². The molecule has 1 aromatic carbocycles. The van der Waals surface area contributed by atoms with Gasteiger partial charge < -0.3 is 4.90 Å². The van der Waals surface area contributed by atoms with Crippen LogP contribution in [0.3, 0.4) is 0 Å². The van der Waals surface area contributed by atoms with Crippen molar-refractivity contribution in [1.82, 2.24) is 14.7 Å². The van der Waals surface area contributed by atoms with Gasteiger partial charge in [0.25, 0.3) is 5.56 Å². The molecule has 2 rings (SSSR count). The highest BCUT2D eigenvalue weighted by atomic mass is 79.9. The largest absolute Gasteiger partial charge is 0.309 e. The van der Waals surface area contributed by atoms with Crippen LogP contribution in [-0.2, 0) is 6.54 Å². The summed E-state index contributed by atoms with van der Waals surface area (Å²) in [7, 11) is 4.11. The maximum absolute atomic E-state index is 12.2. The van der Waals surface area contributed by atoms with Gasteiger partial charge >= 0.3 is 0 Å². The van der Waals surface area contributed by atoms with E-state index >= 15 is 0 Å². The SMILES string of the molecule is CN(C)CCCCn1ncc2cc(Br)ccc2c1=O. The van der Waals surface area contributed by atoms with Gasteiger partial charge in [0.15, 0.2) is 0 Å². The first kappa shape index (κ1) is 14.2. The number of hydrogen-bond acceptors (Lipinski definition) is 3. The van der Waals surface area contributed by atoms with Crippen LogP contribution >= 0.6 is 15.9 Å². The number of fused-ring (bicyclic) bond motifs is 1. The van der Waals surface area contributed by atoms with Crippen LogP contribution in [0.25, 0.3) is 10.8 Å². The quantitative estimate of drug-likeness (QED) is 0.793. The normalized spacial score (nSPS) is 11.4. The fraction of sp³-hybridized carbons (Fsp3) is 0.429. The summed E-state index contributed by atoms with van der Waals surface area (Å²) in [6.07, 6.45) is 3.79. The van der Waals surface area contributed by atoms with Gasteiger partial charge in [0.1, 0.15) is 0 Å². The lowest BCUT2D eigenvalue weighted by Gasteiger charge is -2.09. The molecule has 19 heavy (non-hydrogen) atoms. The second-order valence-corrected chi connectivity index (χ2v) is 5.83. The maximum atomic E-state index is 12.2. The average Bonchev–Trinajstić information content (AvgIpc) is 2.36. The van der Waals surface area contributed by atoms with Gasteiger partial charge in [-0.15, -0.1) is 0 Å². The lowest BCUT2D eigenvalue weighted by molar-refractivity contribution is 0.383. The zero-order valence-electron chi connectivity index (χ0n) is 11.3. The van der Waals surface area contributed by atoms with Crippen molar-refractivity contribution >= 4 is 26.7 Å². The number of hydrogen-bond donors (Lipinski definition) is 0. The Bertz CT molecular complexity index is 622. The molecule has 1 aromatic heterocycles. The van der Waals surface area contributed by atoms with Crippen molar-refractivity contribution in [2.24, 2.45) is 0 Å². The molecule has 0 aliphatic heterocycles. The van der Waals surface area contributed by atoms with E-state index in [1.807, 2.05) is 18.2 Å². The van der Waals surface area contributed by atoms with Gasteiger partial charge in [-0.25, -0.2) is 4.68 Å². The molecular formula is C14H18BrN3O. The Hall–Kier alpha value is -1.20. The third-order valence-corrected chi connectivity index (χ3v) is 3.53. The van der Waals surface area contributed by atoms with Crippen LogP contribution in [-0.4, -0.2) is 35.3 Å². The Balaban J connectivity index is 2.14. The summed E-state index contributed by atoms with van der Waals surface area (Å²) in [5, 5.41) is 5.84. The van der Waals surface area contributed by atoms with Crippen molar-refractivity contribution in [2.75, 3.05) is 20.6 Å². The van der Waals surface area contributed by atoms with Gasteiger partial charge in [-0.2, -0.15) is 5.10 Å². The first-order valence-corrected chi connectivity index (χ1v) is 7.17. The standard InChI is InChI=1S/C14H18BrN3O/c1-17(2)7-3-4-8-18-14(19)13-6-5-12(15)9-11(13)10-16-18/h5-6,9-10H,3-4,7-8H2,1-2H3. The highest BCUT2D eigenvalue weighted by Gasteiger charge is 2.04. The van der Waals surface area contributed by atoms with Gasteiger partial charge in [0.2, 0.25) is 0 Å². The van der Waals surface area contributed by atoms with Crippen molar-refractivity contribution in [3.05, 3.63) is 39.2 Å². The molecular weight excluding hydrogens is 306 g/mol. The number of nitrogens with zero attached hydrogens (tertiary/aromatic N) is 3. The Morgan fingerprint density at radius 1 is 1.32 bits per heavy atom. The molecule has 0 fully saturated rings. The zero-order chi connectivity index (χ0) is 13.8. The Labute approximate surface area is 121 Å². The lowest BCUT2D eigenvalue weighted by Crippen LogP contribution is -2.23. The topological polar surface area (TPSA) is 38.1 Å². The monoisotopic (exact) mass is 323 g/mol. The number of benzene rings is 1. The van der Waals surface area contributed by atoms with E-state index in [9.17, 15) is 4.79 Å². The molecule has 0 spiro atoms. The number of halogens is 1. The maximum Gasteiger partial charge on any atom is 0.274 e. The summed E-state index contributed by atoms with van der Waals surface area (Å²) in [5.74, 6) is 0. The molecule has 0 aliphatic rings. The molecule has 0 saturated heterocycles. The molecule has 2 aromatic rings. The third-order valence-electron chi connectivity index (χ3n) is 3.04. The summed E-state index contributed by atoms with van der Waals surface area (Å²) < 4.78 is 2.52. The minimum absolute atomic E-state index is 0.00477. The predicted octanol–water partition coefficient (Wildman–Crippen LogP) is 2.50. The van der Waals surface area contributed by atoms with Gasteiger partial charge in [0.05, 0.1) is 11.6 Å². The number of aromatic nitrogens is 2. The Morgan fingerprint density at radius 3 is 2.84 bits per heavy atom. The highest BCUT2D eigenvalue weighted by Crippen LogP contribution is 2.15. The number of aryl methyl sites for hydroxylation is 1. The zero-order valence-corrected chi connectivity index (χ0v) is 12.9. The van der Waals surface area contributed by atoms with E-state index in [4.69, 9.17) is 0 Å². The van der Waals surface area contributed by atoms with Crippen LogP contribution in [0.15, 0.2) is 33.7 Å². The van der Waals surface area contributed by atoms with Crippen LogP contribution in [0.2, 0.25) is 0 Å². The molecule has 0 unspecified atom stereocenters. The van der Waals surface area contributed by atoms with Gasteiger partial charge in [0, 0.05) is 16.4 Å². The van der Waals surface area contributed by atoms with E-state index in [0.717, 1.165) is 34.6 Å². The molecule has 0 atom stereocenters. The molecule has 1 heterocycles. The second-order valence-electron chi connectivity index (χ2n) is 4.91. The smallest absolute Gasteiger partial charge is 0.274 e. The van der Waals surface area contributed by atoms with Crippen molar-refractivity contribution in [3.8, 4) is 0 Å². The van der Waals surface area contributed by atoms with Crippen LogP contribution in [0.4, 0.5) is 0 Å². The minimum Gasteiger partial charge on any atom is -0.309 e. The van der Waals surface area contributed by atoms with Crippen molar-refractivity contribution in [3.63, 3.8) is 0 Å². The van der Waals surface area contributed by atoms with E-state index in [-0.39, 0.29) is 5.56 Å². The third kappa shape index (κ3) is 3.64. The predicted molar refractivity (Wildman–Crippen MR) is 81.5 cm³/mol. The molecule has 0 N–H and O–H groups in total. The number of rotatable bonds is 5. The van der Waals surface area contributed by atoms with E-state index < -0.39 is 0 Å². The Morgan fingerprint density at radius 2 is 2.11 bits per heavy atom. The molecule has 0 aliphatic carbocycles. The lowest BCUT2D eigenvalue weighted by atomic mass is 10.2. The molecule has 0 amide bonds. The highest BCUT2D eigenvalue weighted by molar-refractivity contribution is 9.10.